The van der Waals surface area contributed by atoms with E-state index in [1.54, 1.807) is 36.4 Å². The van der Waals surface area contributed by atoms with Crippen LogP contribution in [-0.4, -0.2) is 27.5 Å². The highest BCUT2D eigenvalue weighted by Gasteiger charge is 2.35. The van der Waals surface area contributed by atoms with Crippen LogP contribution in [-0.2, 0) is 6.54 Å². The Morgan fingerprint density at radius 2 is 1.74 bits per heavy atom. The highest BCUT2D eigenvalue weighted by Crippen LogP contribution is 2.34. The van der Waals surface area contributed by atoms with Crippen molar-refractivity contribution in [2.75, 3.05) is 5.43 Å². The third kappa shape index (κ3) is 3.30. The lowest BCUT2D eigenvalue weighted by Gasteiger charge is -2.15. The van der Waals surface area contributed by atoms with Gasteiger partial charge in [-0.2, -0.15) is 15.6 Å². The van der Waals surface area contributed by atoms with Gasteiger partial charge in [0.05, 0.1) is 28.4 Å². The van der Waals surface area contributed by atoms with Crippen LogP contribution in [0.5, 0.6) is 5.75 Å². The lowest BCUT2D eigenvalue weighted by Crippen LogP contribution is -2.29. The van der Waals surface area contributed by atoms with Gasteiger partial charge in [-0.3, -0.25) is 19.9 Å². The molecule has 0 radical (unpaired) electrons. The Bertz CT molecular complexity index is 1030. The molecular weight excluding hydrogens is 370 g/mol. The molecule has 2 N–H and O–H groups in total. The fraction of sp³-hybridized carbons (Fsp3) is 0.0556. The van der Waals surface area contributed by atoms with Crippen LogP contribution in [0.3, 0.4) is 0 Å². The highest BCUT2D eigenvalue weighted by molar-refractivity contribution is 6.32. The average Bonchev–Trinajstić information content (AvgIpc) is 2.91. The molecule has 0 aromatic heterocycles. The predicted octanol–water partition coefficient (Wildman–Crippen LogP) is 2.66. The fourth-order valence-electron chi connectivity index (χ4n) is 2.59. The van der Waals surface area contributed by atoms with E-state index in [-0.39, 0.29) is 23.0 Å². The molecule has 1 heterocycles. The number of benzene rings is 2. The van der Waals surface area contributed by atoms with Crippen molar-refractivity contribution < 1.29 is 14.7 Å². The summed E-state index contributed by atoms with van der Waals surface area (Å²) in [7, 11) is 0. The van der Waals surface area contributed by atoms with Gasteiger partial charge in [0.1, 0.15) is 12.1 Å². The predicted molar refractivity (Wildman–Crippen MR) is 96.0 cm³/mol. The maximum atomic E-state index is 12.5. The molecule has 0 aliphatic carbocycles. The van der Waals surface area contributed by atoms with Gasteiger partial charge in [0.15, 0.2) is 5.75 Å². The number of hydrogen-bond donors (Lipinski definition) is 2. The number of rotatable bonds is 4. The van der Waals surface area contributed by atoms with Crippen molar-refractivity contribution in [3.63, 3.8) is 0 Å². The van der Waals surface area contributed by atoms with Gasteiger partial charge in [-0.15, -0.1) is 0 Å². The lowest BCUT2D eigenvalue weighted by atomic mass is 10.1. The van der Waals surface area contributed by atoms with Crippen LogP contribution in [0.25, 0.3) is 0 Å². The summed E-state index contributed by atoms with van der Waals surface area (Å²) in [5.74, 6) is -1.20. The van der Waals surface area contributed by atoms with E-state index in [0.717, 1.165) is 4.90 Å². The van der Waals surface area contributed by atoms with Crippen molar-refractivity contribution in [3.8, 4) is 17.9 Å². The zero-order valence-electron chi connectivity index (χ0n) is 13.6. The molecule has 8 nitrogen and oxygen atoms in total. The van der Waals surface area contributed by atoms with E-state index in [9.17, 15) is 14.7 Å². The van der Waals surface area contributed by atoms with Crippen LogP contribution in [0, 0.1) is 22.7 Å². The summed E-state index contributed by atoms with van der Waals surface area (Å²) in [6.07, 6.45) is 0. The number of carbonyl (C=O) groups is 2. The Morgan fingerprint density at radius 3 is 2.30 bits per heavy atom. The third-order valence-corrected chi connectivity index (χ3v) is 4.13. The van der Waals surface area contributed by atoms with Gasteiger partial charge in [0.25, 0.3) is 11.8 Å². The second-order valence-electron chi connectivity index (χ2n) is 5.51. The number of aromatic hydroxyl groups is 1. The van der Waals surface area contributed by atoms with Gasteiger partial charge in [-0.25, -0.2) is 0 Å². The molecule has 0 unspecified atom stereocenters. The maximum Gasteiger partial charge on any atom is 0.261 e. The number of fused-ring (bicyclic) bond motifs is 1. The zero-order chi connectivity index (χ0) is 19.6. The summed E-state index contributed by atoms with van der Waals surface area (Å²) in [6.45, 7) is -0.0753. The second kappa shape index (κ2) is 7.16. The highest BCUT2D eigenvalue weighted by atomic mass is 35.5. The minimum absolute atomic E-state index is 0.0251. The first-order chi connectivity index (χ1) is 13.0. The van der Waals surface area contributed by atoms with Gasteiger partial charge in [-0.1, -0.05) is 23.7 Å². The number of carbonyl (C=O) groups excluding carboxylic acids is 2. The van der Waals surface area contributed by atoms with Crippen LogP contribution >= 0.6 is 11.6 Å². The fourth-order valence-corrected chi connectivity index (χ4v) is 2.83. The quantitative estimate of drug-likeness (QED) is 0.363. The molecular formula is C18H10ClN5O3. The first-order valence-electron chi connectivity index (χ1n) is 7.56. The minimum Gasteiger partial charge on any atom is -0.504 e. The Hall–Kier alpha value is -3.88. The lowest BCUT2D eigenvalue weighted by molar-refractivity contribution is 0.0642. The topological polar surface area (TPSA) is 130 Å². The molecule has 2 aromatic rings. The Kier molecular flexibility index (Phi) is 4.75. The van der Waals surface area contributed by atoms with Crippen LogP contribution in [0.15, 0.2) is 41.5 Å². The van der Waals surface area contributed by atoms with E-state index in [0.29, 0.717) is 16.7 Å². The molecule has 3 rings (SSSR count). The van der Waals surface area contributed by atoms with E-state index in [1.807, 2.05) is 0 Å². The minimum atomic E-state index is -0.448. The van der Waals surface area contributed by atoms with Crippen LogP contribution in [0.2, 0.25) is 5.02 Å². The van der Waals surface area contributed by atoms with Gasteiger partial charge < -0.3 is 5.11 Å². The van der Waals surface area contributed by atoms with E-state index in [1.165, 1.54) is 12.1 Å². The zero-order valence-corrected chi connectivity index (χ0v) is 14.4. The average molecular weight is 380 g/mol. The SMILES string of the molecule is N#CC(C#N)=NNc1cc(CN2C(=O)c3ccccc3C2=O)cc(Cl)c1O. The third-order valence-electron chi connectivity index (χ3n) is 3.84. The Labute approximate surface area is 158 Å². The van der Waals surface area contributed by atoms with Crippen LogP contribution in [0.4, 0.5) is 5.69 Å². The summed E-state index contributed by atoms with van der Waals surface area (Å²) < 4.78 is 0. The molecule has 0 spiro atoms. The van der Waals surface area contributed by atoms with Gasteiger partial charge >= 0.3 is 0 Å². The summed E-state index contributed by atoms with van der Waals surface area (Å²) in [4.78, 5) is 26.0. The molecule has 132 valence electrons. The number of phenolic OH excluding ortho intramolecular Hbond substituents is 1. The van der Waals surface area contributed by atoms with Gasteiger partial charge in [0.2, 0.25) is 5.71 Å². The molecule has 1 aliphatic heterocycles. The molecule has 0 fully saturated rings. The summed E-state index contributed by atoms with van der Waals surface area (Å²) >= 11 is 5.99. The molecule has 1 aliphatic rings. The Balaban J connectivity index is 1.90. The molecule has 0 saturated carbocycles. The summed E-state index contributed by atoms with van der Waals surface area (Å²) in [6, 6.07) is 12.5. The smallest absolute Gasteiger partial charge is 0.261 e. The number of nitriles is 2. The van der Waals surface area contributed by atoms with Gasteiger partial charge in [-0.05, 0) is 29.8 Å². The molecule has 0 saturated heterocycles. The summed E-state index contributed by atoms with van der Waals surface area (Å²) in [5, 5.41) is 30.9. The van der Waals surface area contributed by atoms with E-state index >= 15 is 0 Å². The van der Waals surface area contributed by atoms with E-state index in [2.05, 4.69) is 10.5 Å². The summed E-state index contributed by atoms with van der Waals surface area (Å²) in [5.41, 5.74) is 3.05. The van der Waals surface area contributed by atoms with Crippen molar-refractivity contribution in [1.29, 1.82) is 10.5 Å². The molecule has 0 bridgehead atoms. The number of nitrogens with zero attached hydrogens (tertiary/aromatic N) is 4. The van der Waals surface area contributed by atoms with E-state index < -0.39 is 17.5 Å². The van der Waals surface area contributed by atoms with Crippen LogP contribution < -0.4 is 5.43 Å². The number of anilines is 1. The molecule has 2 aromatic carbocycles. The maximum absolute atomic E-state index is 12.5. The van der Waals surface area contributed by atoms with Crippen molar-refractivity contribution in [2.45, 2.75) is 6.54 Å². The standard InChI is InChI=1S/C18H10ClN5O3/c19-14-5-10(6-15(16(14)25)23-22-11(7-20)8-21)9-24-17(26)12-3-1-2-4-13(12)18(24)27/h1-6,23,25H,9H2. The number of amides is 2. The molecule has 2 amide bonds. The Morgan fingerprint density at radius 1 is 1.15 bits per heavy atom. The first-order valence-corrected chi connectivity index (χ1v) is 7.94. The number of halogens is 1. The van der Waals surface area contributed by atoms with Crippen molar-refractivity contribution in [2.24, 2.45) is 5.10 Å². The largest absolute Gasteiger partial charge is 0.504 e. The molecule has 0 atom stereocenters. The monoisotopic (exact) mass is 379 g/mol. The first kappa shape index (κ1) is 17.9. The number of hydrogen-bond acceptors (Lipinski definition) is 7. The van der Waals surface area contributed by atoms with Crippen molar-refractivity contribution in [1.82, 2.24) is 4.90 Å². The van der Waals surface area contributed by atoms with Crippen molar-refractivity contribution >= 4 is 34.8 Å². The van der Waals surface area contributed by atoms with Crippen molar-refractivity contribution in [3.05, 3.63) is 58.1 Å². The number of nitrogens with one attached hydrogen (secondary N) is 1. The number of phenols is 1. The van der Waals surface area contributed by atoms with Gasteiger partial charge in [0, 0.05) is 0 Å². The number of hydrazone groups is 1. The number of imide groups is 1. The van der Waals surface area contributed by atoms with E-state index in [4.69, 9.17) is 22.1 Å². The second-order valence-corrected chi connectivity index (χ2v) is 5.92. The normalized spacial score (nSPS) is 12.2. The molecule has 27 heavy (non-hydrogen) atoms. The van der Waals surface area contributed by atoms with Crippen LogP contribution in [0.1, 0.15) is 26.3 Å². The molecule has 9 heteroatoms.